The van der Waals surface area contributed by atoms with Crippen LogP contribution in [-0.2, 0) is 9.53 Å². The molecule has 98 valence electrons. The molecule has 1 N–H and O–H groups in total. The van der Waals surface area contributed by atoms with E-state index in [4.69, 9.17) is 9.84 Å². The number of aromatic nitrogens is 1. The first kappa shape index (κ1) is 13.0. The molecule has 2 unspecified atom stereocenters. The lowest BCUT2D eigenvalue weighted by molar-refractivity contribution is -0.140. The summed E-state index contributed by atoms with van der Waals surface area (Å²) in [4.78, 5) is 17.2. The van der Waals surface area contributed by atoms with E-state index < -0.39 is 5.97 Å². The SMILES string of the molecule is CC(c1cccnc1)N1CCOCC1CC(=O)O. The molecule has 0 saturated carbocycles. The van der Waals surface area contributed by atoms with E-state index in [9.17, 15) is 4.79 Å². The van der Waals surface area contributed by atoms with Crippen molar-refractivity contribution in [1.29, 1.82) is 0 Å². The van der Waals surface area contributed by atoms with Gasteiger partial charge in [0.2, 0.25) is 0 Å². The van der Waals surface area contributed by atoms with Crippen LogP contribution in [0.2, 0.25) is 0 Å². The number of hydrogen-bond acceptors (Lipinski definition) is 4. The van der Waals surface area contributed by atoms with Crippen LogP contribution in [0.1, 0.15) is 24.9 Å². The second-order valence-electron chi connectivity index (χ2n) is 4.53. The molecule has 2 heterocycles. The fourth-order valence-electron chi connectivity index (χ4n) is 2.37. The minimum atomic E-state index is -0.783. The van der Waals surface area contributed by atoms with Crippen molar-refractivity contribution in [1.82, 2.24) is 9.88 Å². The van der Waals surface area contributed by atoms with Gasteiger partial charge in [-0.25, -0.2) is 0 Å². The van der Waals surface area contributed by atoms with Crippen molar-refractivity contribution in [3.05, 3.63) is 30.1 Å². The summed E-state index contributed by atoms with van der Waals surface area (Å²) < 4.78 is 5.38. The van der Waals surface area contributed by atoms with Gasteiger partial charge in [-0.05, 0) is 18.6 Å². The Morgan fingerprint density at radius 1 is 1.72 bits per heavy atom. The predicted octanol–water partition coefficient (Wildman–Crippen LogP) is 1.32. The zero-order valence-corrected chi connectivity index (χ0v) is 10.5. The molecule has 0 bridgehead atoms. The Hall–Kier alpha value is -1.46. The van der Waals surface area contributed by atoms with Crippen LogP contribution < -0.4 is 0 Å². The molecule has 1 aliphatic heterocycles. The molecule has 1 saturated heterocycles. The van der Waals surface area contributed by atoms with Gasteiger partial charge in [0.05, 0.1) is 19.6 Å². The lowest BCUT2D eigenvalue weighted by atomic mass is 10.0. The van der Waals surface area contributed by atoms with Crippen LogP contribution in [0.4, 0.5) is 0 Å². The smallest absolute Gasteiger partial charge is 0.305 e. The molecule has 2 atom stereocenters. The number of aliphatic carboxylic acids is 1. The zero-order chi connectivity index (χ0) is 13.0. The fraction of sp³-hybridized carbons (Fsp3) is 0.538. The van der Waals surface area contributed by atoms with Gasteiger partial charge in [-0.3, -0.25) is 14.7 Å². The summed E-state index contributed by atoms with van der Waals surface area (Å²) in [5.41, 5.74) is 1.11. The van der Waals surface area contributed by atoms with E-state index >= 15 is 0 Å². The van der Waals surface area contributed by atoms with Gasteiger partial charge in [0, 0.05) is 31.0 Å². The summed E-state index contributed by atoms with van der Waals surface area (Å²) in [6, 6.07) is 4.02. The average molecular weight is 250 g/mol. The maximum atomic E-state index is 10.9. The Balaban J connectivity index is 2.11. The Kier molecular flexibility index (Phi) is 4.28. The number of hydrogen-bond donors (Lipinski definition) is 1. The topological polar surface area (TPSA) is 62.7 Å². The number of nitrogens with zero attached hydrogens (tertiary/aromatic N) is 2. The van der Waals surface area contributed by atoms with Crippen molar-refractivity contribution < 1.29 is 14.6 Å². The normalized spacial score (nSPS) is 22.6. The lowest BCUT2D eigenvalue weighted by Gasteiger charge is -2.39. The number of carboxylic acids is 1. The Labute approximate surface area is 106 Å². The summed E-state index contributed by atoms with van der Waals surface area (Å²) in [5.74, 6) is -0.783. The van der Waals surface area contributed by atoms with Crippen molar-refractivity contribution >= 4 is 5.97 Å². The third-order valence-electron chi connectivity index (χ3n) is 3.35. The standard InChI is InChI=1S/C13H18N2O3/c1-10(11-3-2-4-14-8-11)15-5-6-18-9-12(15)7-13(16)17/h2-4,8,10,12H,5-7,9H2,1H3,(H,16,17). The van der Waals surface area contributed by atoms with Gasteiger partial charge in [-0.15, -0.1) is 0 Å². The van der Waals surface area contributed by atoms with Gasteiger partial charge in [0.15, 0.2) is 0 Å². The molecule has 1 aromatic heterocycles. The van der Waals surface area contributed by atoms with Gasteiger partial charge in [-0.1, -0.05) is 6.07 Å². The number of rotatable bonds is 4. The Morgan fingerprint density at radius 2 is 2.56 bits per heavy atom. The molecule has 5 heteroatoms. The first-order valence-electron chi connectivity index (χ1n) is 6.13. The van der Waals surface area contributed by atoms with Gasteiger partial charge < -0.3 is 9.84 Å². The van der Waals surface area contributed by atoms with Crippen molar-refractivity contribution in [2.45, 2.75) is 25.4 Å². The molecule has 0 aromatic carbocycles. The maximum absolute atomic E-state index is 10.9. The van der Waals surface area contributed by atoms with E-state index in [2.05, 4.69) is 16.8 Å². The monoisotopic (exact) mass is 250 g/mol. The van der Waals surface area contributed by atoms with Crippen molar-refractivity contribution in [3.63, 3.8) is 0 Å². The Bertz CT molecular complexity index is 396. The van der Waals surface area contributed by atoms with Crippen molar-refractivity contribution in [3.8, 4) is 0 Å². The molecular formula is C13H18N2O3. The fourth-order valence-corrected chi connectivity index (χ4v) is 2.37. The van der Waals surface area contributed by atoms with Gasteiger partial charge in [0.25, 0.3) is 0 Å². The minimum Gasteiger partial charge on any atom is -0.481 e. The highest BCUT2D eigenvalue weighted by molar-refractivity contribution is 5.67. The Morgan fingerprint density at radius 3 is 3.22 bits per heavy atom. The molecule has 0 radical (unpaired) electrons. The zero-order valence-electron chi connectivity index (χ0n) is 10.5. The predicted molar refractivity (Wildman–Crippen MR) is 66.2 cm³/mol. The van der Waals surface area contributed by atoms with Crippen molar-refractivity contribution in [2.75, 3.05) is 19.8 Å². The van der Waals surface area contributed by atoms with Crippen LogP contribution >= 0.6 is 0 Å². The molecule has 18 heavy (non-hydrogen) atoms. The second-order valence-corrected chi connectivity index (χ2v) is 4.53. The molecule has 5 nitrogen and oxygen atoms in total. The summed E-state index contributed by atoms with van der Waals surface area (Å²) in [6.45, 7) is 3.98. The molecule has 1 aliphatic rings. The van der Waals surface area contributed by atoms with Crippen LogP contribution in [0.5, 0.6) is 0 Å². The van der Waals surface area contributed by atoms with E-state index in [-0.39, 0.29) is 18.5 Å². The van der Waals surface area contributed by atoms with Crippen molar-refractivity contribution in [2.24, 2.45) is 0 Å². The summed E-state index contributed by atoms with van der Waals surface area (Å²) >= 11 is 0. The lowest BCUT2D eigenvalue weighted by Crippen LogP contribution is -2.47. The van der Waals surface area contributed by atoms with Crippen LogP contribution in [0.3, 0.4) is 0 Å². The molecule has 0 spiro atoms. The number of morpholine rings is 1. The largest absolute Gasteiger partial charge is 0.481 e. The molecule has 0 aliphatic carbocycles. The van der Waals surface area contributed by atoms with Crippen LogP contribution in [0.15, 0.2) is 24.5 Å². The quantitative estimate of drug-likeness (QED) is 0.873. The minimum absolute atomic E-state index is 0.0635. The highest BCUT2D eigenvalue weighted by Crippen LogP contribution is 2.24. The molecule has 2 rings (SSSR count). The molecular weight excluding hydrogens is 232 g/mol. The highest BCUT2D eigenvalue weighted by Gasteiger charge is 2.29. The summed E-state index contributed by atoms with van der Waals surface area (Å²) in [7, 11) is 0. The third-order valence-corrected chi connectivity index (χ3v) is 3.35. The molecule has 1 aromatic rings. The first-order chi connectivity index (χ1) is 8.68. The van der Waals surface area contributed by atoms with E-state index in [0.29, 0.717) is 13.2 Å². The van der Waals surface area contributed by atoms with Gasteiger partial charge in [-0.2, -0.15) is 0 Å². The van der Waals surface area contributed by atoms with E-state index in [1.54, 1.807) is 6.20 Å². The molecule has 1 fully saturated rings. The van der Waals surface area contributed by atoms with Gasteiger partial charge in [0.1, 0.15) is 0 Å². The van der Waals surface area contributed by atoms with E-state index in [1.807, 2.05) is 18.3 Å². The van der Waals surface area contributed by atoms with E-state index in [0.717, 1.165) is 12.1 Å². The number of carbonyl (C=O) groups is 1. The van der Waals surface area contributed by atoms with Crippen LogP contribution in [0, 0.1) is 0 Å². The average Bonchev–Trinajstić information content (AvgIpc) is 2.39. The number of carboxylic acid groups (broad SMARTS) is 1. The van der Waals surface area contributed by atoms with Crippen LogP contribution in [-0.4, -0.2) is 46.8 Å². The summed E-state index contributed by atoms with van der Waals surface area (Å²) in [5, 5.41) is 8.94. The third kappa shape index (κ3) is 3.05. The number of pyridine rings is 1. The molecule has 0 amide bonds. The maximum Gasteiger partial charge on any atom is 0.305 e. The van der Waals surface area contributed by atoms with Crippen LogP contribution in [0.25, 0.3) is 0 Å². The van der Waals surface area contributed by atoms with E-state index in [1.165, 1.54) is 0 Å². The first-order valence-corrected chi connectivity index (χ1v) is 6.13. The summed E-state index contributed by atoms with van der Waals surface area (Å²) in [6.07, 6.45) is 3.69. The highest BCUT2D eigenvalue weighted by atomic mass is 16.5. The number of ether oxygens (including phenoxy) is 1. The second kappa shape index (κ2) is 5.93. The van der Waals surface area contributed by atoms with Gasteiger partial charge >= 0.3 is 5.97 Å².